The second kappa shape index (κ2) is 9.14. The van der Waals surface area contributed by atoms with Crippen LogP contribution in [0.3, 0.4) is 0 Å². The van der Waals surface area contributed by atoms with Crippen molar-refractivity contribution in [2.24, 2.45) is 0 Å². The number of hydrogen-bond donors (Lipinski definition) is 0. The minimum atomic E-state index is 0. The normalized spacial score (nSPS) is 9.47. The van der Waals surface area contributed by atoms with Crippen molar-refractivity contribution in [3.05, 3.63) is 29.8 Å². The van der Waals surface area contributed by atoms with E-state index >= 15 is 0 Å². The average Bonchev–Trinajstić information content (AvgIpc) is 2.18. The number of rotatable bonds is 6. The van der Waals surface area contributed by atoms with Gasteiger partial charge >= 0.3 is 0 Å². The fraction of sp³-hybridized carbons (Fsp3) is 0.455. The van der Waals surface area contributed by atoms with Crippen molar-refractivity contribution in [1.29, 1.82) is 0 Å². The lowest BCUT2D eigenvalue weighted by atomic mass is 10.2. The fourth-order valence-electron chi connectivity index (χ4n) is 1.18. The molecule has 0 spiro atoms. The summed E-state index contributed by atoms with van der Waals surface area (Å²) in [4.78, 5) is 0. The molecule has 2 nitrogen and oxygen atoms in total. The highest BCUT2D eigenvalue weighted by atomic mass is 79.9. The third kappa shape index (κ3) is 6.88. The quantitative estimate of drug-likeness (QED) is 0.590. The zero-order chi connectivity index (χ0) is 10.2. The van der Waals surface area contributed by atoms with Gasteiger partial charge in [0.15, 0.2) is 0 Å². The number of aryl methyl sites for hydroxylation is 1. The third-order valence-corrected chi connectivity index (χ3v) is 2.15. The van der Waals surface area contributed by atoms with E-state index in [1.54, 1.807) is 0 Å². The molecule has 1 unspecified atom stereocenters. The second-order valence-corrected chi connectivity index (χ2v) is 3.58. The SMILES string of the molecule is Br.Cc1cccc(OCCCCOP)c1. The summed E-state index contributed by atoms with van der Waals surface area (Å²) in [5.74, 6) is 0.955. The Kier molecular flexibility index (Phi) is 9.07. The Balaban J connectivity index is 0.00000196. The standard InChI is InChI=1S/C11H17O2P.BrH/c1-10-5-4-6-11(9-10)12-7-2-3-8-13-14;/h4-6,9H,2-3,7-8,14H2,1H3;1H. The van der Waals surface area contributed by atoms with Crippen molar-refractivity contribution in [1.82, 2.24) is 0 Å². The monoisotopic (exact) mass is 292 g/mol. The largest absolute Gasteiger partial charge is 0.494 e. The molecule has 86 valence electrons. The molecule has 1 rings (SSSR count). The Morgan fingerprint density at radius 2 is 1.93 bits per heavy atom. The van der Waals surface area contributed by atoms with Crippen molar-refractivity contribution in [3.8, 4) is 5.75 Å². The van der Waals surface area contributed by atoms with Crippen molar-refractivity contribution in [2.75, 3.05) is 13.2 Å². The molecule has 0 aliphatic heterocycles. The van der Waals surface area contributed by atoms with Gasteiger partial charge in [0.05, 0.1) is 13.2 Å². The van der Waals surface area contributed by atoms with Crippen molar-refractivity contribution in [2.45, 2.75) is 19.8 Å². The van der Waals surface area contributed by atoms with Gasteiger partial charge in [0, 0.05) is 9.47 Å². The summed E-state index contributed by atoms with van der Waals surface area (Å²) >= 11 is 0. The first-order chi connectivity index (χ1) is 6.83. The number of ether oxygens (including phenoxy) is 1. The van der Waals surface area contributed by atoms with Gasteiger partial charge in [-0.1, -0.05) is 12.1 Å². The van der Waals surface area contributed by atoms with E-state index in [2.05, 4.69) is 22.5 Å². The molecular formula is C11H18BrO2P. The van der Waals surface area contributed by atoms with Crippen LogP contribution in [0.1, 0.15) is 18.4 Å². The van der Waals surface area contributed by atoms with E-state index in [0.29, 0.717) is 0 Å². The van der Waals surface area contributed by atoms with E-state index in [0.717, 1.165) is 31.8 Å². The molecular weight excluding hydrogens is 275 g/mol. The van der Waals surface area contributed by atoms with E-state index in [1.807, 2.05) is 18.2 Å². The molecule has 0 aromatic heterocycles. The van der Waals surface area contributed by atoms with E-state index in [9.17, 15) is 0 Å². The lowest BCUT2D eigenvalue weighted by molar-refractivity contribution is 0.283. The van der Waals surface area contributed by atoms with Crippen molar-refractivity contribution >= 4 is 26.4 Å². The Hall–Kier alpha value is -0.110. The van der Waals surface area contributed by atoms with E-state index in [1.165, 1.54) is 5.56 Å². The van der Waals surface area contributed by atoms with Gasteiger partial charge in [-0.15, -0.1) is 17.0 Å². The predicted molar refractivity (Wildman–Crippen MR) is 71.9 cm³/mol. The minimum absolute atomic E-state index is 0. The van der Waals surface area contributed by atoms with Gasteiger partial charge in [-0.05, 0) is 37.5 Å². The van der Waals surface area contributed by atoms with E-state index in [4.69, 9.17) is 9.26 Å². The van der Waals surface area contributed by atoms with Crippen LogP contribution in [0.25, 0.3) is 0 Å². The summed E-state index contributed by atoms with van der Waals surface area (Å²) in [6.07, 6.45) is 2.07. The van der Waals surface area contributed by atoms with Crippen LogP contribution in [0.4, 0.5) is 0 Å². The zero-order valence-corrected chi connectivity index (χ0v) is 11.8. The average molecular weight is 293 g/mol. The molecule has 0 radical (unpaired) electrons. The lowest BCUT2D eigenvalue weighted by Crippen LogP contribution is -1.98. The van der Waals surface area contributed by atoms with Crippen LogP contribution in [0.5, 0.6) is 5.75 Å². The molecule has 1 atom stereocenters. The van der Waals surface area contributed by atoms with Gasteiger partial charge in [0.25, 0.3) is 0 Å². The van der Waals surface area contributed by atoms with Crippen LogP contribution in [0.2, 0.25) is 0 Å². The number of benzene rings is 1. The topological polar surface area (TPSA) is 18.5 Å². The highest BCUT2D eigenvalue weighted by molar-refractivity contribution is 8.93. The molecule has 0 amide bonds. The molecule has 0 saturated carbocycles. The molecule has 0 N–H and O–H groups in total. The van der Waals surface area contributed by atoms with Crippen LogP contribution in [0.15, 0.2) is 24.3 Å². The van der Waals surface area contributed by atoms with Crippen LogP contribution in [-0.2, 0) is 4.52 Å². The molecule has 1 aromatic rings. The lowest BCUT2D eigenvalue weighted by Gasteiger charge is -2.06. The zero-order valence-electron chi connectivity index (χ0n) is 8.94. The summed E-state index contributed by atoms with van der Waals surface area (Å²) in [5.41, 5.74) is 1.23. The Bertz CT molecular complexity index is 269. The fourth-order valence-corrected chi connectivity index (χ4v) is 1.35. The molecule has 1 aromatic carbocycles. The minimum Gasteiger partial charge on any atom is -0.494 e. The molecule has 0 bridgehead atoms. The Morgan fingerprint density at radius 1 is 1.20 bits per heavy atom. The first-order valence-corrected chi connectivity index (χ1v) is 5.31. The van der Waals surface area contributed by atoms with Gasteiger partial charge in [-0.3, -0.25) is 0 Å². The number of halogens is 1. The maximum atomic E-state index is 5.57. The van der Waals surface area contributed by atoms with E-state index < -0.39 is 0 Å². The third-order valence-electron chi connectivity index (χ3n) is 1.91. The smallest absolute Gasteiger partial charge is 0.119 e. The molecule has 4 heteroatoms. The van der Waals surface area contributed by atoms with Gasteiger partial charge in [-0.2, -0.15) is 0 Å². The van der Waals surface area contributed by atoms with Gasteiger partial charge in [0.1, 0.15) is 5.75 Å². The summed E-state index contributed by atoms with van der Waals surface area (Å²) in [5, 5.41) is 0. The summed E-state index contributed by atoms with van der Waals surface area (Å²) < 4.78 is 10.4. The number of hydrogen-bond acceptors (Lipinski definition) is 2. The molecule has 0 fully saturated rings. The first-order valence-electron chi connectivity index (χ1n) is 4.84. The highest BCUT2D eigenvalue weighted by Crippen LogP contribution is 2.12. The van der Waals surface area contributed by atoms with Crippen LogP contribution in [-0.4, -0.2) is 13.2 Å². The highest BCUT2D eigenvalue weighted by Gasteiger charge is 1.93. The number of unbranched alkanes of at least 4 members (excludes halogenated alkanes) is 1. The maximum absolute atomic E-state index is 5.57. The summed E-state index contributed by atoms with van der Waals surface area (Å²) in [6.45, 7) is 3.61. The van der Waals surface area contributed by atoms with E-state index in [-0.39, 0.29) is 17.0 Å². The molecule has 0 aliphatic carbocycles. The van der Waals surface area contributed by atoms with Crippen molar-refractivity contribution < 1.29 is 9.26 Å². The Labute approximate surface area is 104 Å². The molecule has 0 heterocycles. The van der Waals surface area contributed by atoms with Crippen LogP contribution >= 0.6 is 26.4 Å². The maximum Gasteiger partial charge on any atom is 0.119 e. The van der Waals surface area contributed by atoms with Gasteiger partial charge < -0.3 is 9.26 Å². The van der Waals surface area contributed by atoms with Crippen LogP contribution < -0.4 is 4.74 Å². The second-order valence-electron chi connectivity index (χ2n) is 3.24. The van der Waals surface area contributed by atoms with Crippen molar-refractivity contribution in [3.63, 3.8) is 0 Å². The Morgan fingerprint density at radius 3 is 2.60 bits per heavy atom. The molecule has 15 heavy (non-hydrogen) atoms. The van der Waals surface area contributed by atoms with Crippen LogP contribution in [0, 0.1) is 6.92 Å². The first kappa shape index (κ1) is 14.9. The molecule has 0 aliphatic rings. The summed E-state index contributed by atoms with van der Waals surface area (Å²) in [6, 6.07) is 8.11. The summed E-state index contributed by atoms with van der Waals surface area (Å²) in [7, 11) is 2.25. The molecule has 0 saturated heterocycles. The van der Waals surface area contributed by atoms with Gasteiger partial charge in [-0.25, -0.2) is 0 Å². The predicted octanol–water partition coefficient (Wildman–Crippen LogP) is 3.54. The van der Waals surface area contributed by atoms with Gasteiger partial charge in [0.2, 0.25) is 0 Å².